The van der Waals surface area contributed by atoms with E-state index in [1.54, 1.807) is 0 Å². The van der Waals surface area contributed by atoms with E-state index in [1.807, 2.05) is 24.3 Å². The van der Waals surface area contributed by atoms with Gasteiger partial charge in [0.2, 0.25) is 10.0 Å². The fourth-order valence-corrected chi connectivity index (χ4v) is 5.47. The van der Waals surface area contributed by atoms with Gasteiger partial charge in [-0.15, -0.1) is 11.3 Å². The summed E-state index contributed by atoms with van der Waals surface area (Å²) in [6, 6.07) is 9.18. The molecule has 3 rings (SSSR count). The predicted octanol–water partition coefficient (Wildman–Crippen LogP) is 2.69. The molecule has 6 nitrogen and oxygen atoms in total. The van der Waals surface area contributed by atoms with E-state index in [0.717, 1.165) is 48.8 Å². The minimum atomic E-state index is -3.61. The van der Waals surface area contributed by atoms with Crippen molar-refractivity contribution in [2.45, 2.75) is 24.3 Å². The summed E-state index contributed by atoms with van der Waals surface area (Å²) in [4.78, 5) is 13.8. The SMILES string of the molecule is NC(=O)c1cc(S(=O)(=O)NCC2CCN(Cc3ccc(Cl)cc3)CC2)cs1. The van der Waals surface area contributed by atoms with Crippen LogP contribution in [0.3, 0.4) is 0 Å². The van der Waals surface area contributed by atoms with Crippen molar-refractivity contribution in [3.63, 3.8) is 0 Å². The first-order valence-electron chi connectivity index (χ1n) is 8.68. The summed E-state index contributed by atoms with van der Waals surface area (Å²) in [5, 5.41) is 2.18. The topological polar surface area (TPSA) is 92.5 Å². The summed E-state index contributed by atoms with van der Waals surface area (Å²) in [5.41, 5.74) is 6.41. The Kier molecular flexibility index (Phi) is 6.54. The van der Waals surface area contributed by atoms with Crippen LogP contribution in [0, 0.1) is 5.92 Å². The molecular formula is C18H22ClN3O3S2. The van der Waals surface area contributed by atoms with Crippen LogP contribution in [0.4, 0.5) is 0 Å². The molecule has 1 saturated heterocycles. The van der Waals surface area contributed by atoms with Gasteiger partial charge < -0.3 is 5.73 Å². The summed E-state index contributed by atoms with van der Waals surface area (Å²) in [6.45, 7) is 3.14. The molecule has 1 fully saturated rings. The third-order valence-electron chi connectivity index (χ3n) is 4.72. The van der Waals surface area contributed by atoms with E-state index in [2.05, 4.69) is 9.62 Å². The van der Waals surface area contributed by atoms with Gasteiger partial charge in [-0.3, -0.25) is 9.69 Å². The molecule has 1 aromatic heterocycles. The molecule has 1 aromatic carbocycles. The lowest BCUT2D eigenvalue weighted by Gasteiger charge is -2.32. The minimum Gasteiger partial charge on any atom is -0.365 e. The molecule has 0 spiro atoms. The molecule has 0 aliphatic carbocycles. The first-order valence-corrected chi connectivity index (χ1v) is 11.4. The number of rotatable bonds is 7. The normalized spacial score (nSPS) is 16.5. The van der Waals surface area contributed by atoms with Crippen LogP contribution in [0.2, 0.25) is 5.02 Å². The second-order valence-corrected chi connectivity index (χ2v) is 9.82. The van der Waals surface area contributed by atoms with E-state index in [9.17, 15) is 13.2 Å². The van der Waals surface area contributed by atoms with Crippen LogP contribution < -0.4 is 10.5 Å². The van der Waals surface area contributed by atoms with Gasteiger partial charge in [0.15, 0.2) is 0 Å². The lowest BCUT2D eigenvalue weighted by atomic mass is 9.97. The molecule has 9 heteroatoms. The van der Waals surface area contributed by atoms with Gasteiger partial charge in [-0.2, -0.15) is 0 Å². The van der Waals surface area contributed by atoms with Crippen molar-refractivity contribution in [2.24, 2.45) is 11.7 Å². The van der Waals surface area contributed by atoms with Crippen LogP contribution in [0.5, 0.6) is 0 Å². The van der Waals surface area contributed by atoms with E-state index in [1.165, 1.54) is 17.0 Å². The predicted molar refractivity (Wildman–Crippen MR) is 107 cm³/mol. The van der Waals surface area contributed by atoms with Crippen molar-refractivity contribution in [3.05, 3.63) is 51.2 Å². The molecule has 146 valence electrons. The van der Waals surface area contributed by atoms with Crippen LogP contribution in [0.15, 0.2) is 40.6 Å². The van der Waals surface area contributed by atoms with E-state index >= 15 is 0 Å². The van der Waals surface area contributed by atoms with Crippen LogP contribution in [-0.4, -0.2) is 38.9 Å². The Morgan fingerprint density at radius 2 is 1.93 bits per heavy atom. The van der Waals surface area contributed by atoms with E-state index in [-0.39, 0.29) is 9.77 Å². The van der Waals surface area contributed by atoms with Crippen molar-refractivity contribution in [3.8, 4) is 0 Å². The Labute approximate surface area is 168 Å². The maximum atomic E-state index is 12.4. The summed E-state index contributed by atoms with van der Waals surface area (Å²) < 4.78 is 27.4. The number of hydrogen-bond donors (Lipinski definition) is 2. The number of likely N-dealkylation sites (tertiary alicyclic amines) is 1. The minimum absolute atomic E-state index is 0.0986. The van der Waals surface area contributed by atoms with Crippen LogP contribution in [0.1, 0.15) is 28.1 Å². The fraction of sp³-hybridized carbons (Fsp3) is 0.389. The Morgan fingerprint density at radius 3 is 2.52 bits per heavy atom. The number of thiophene rings is 1. The average molecular weight is 428 g/mol. The number of sulfonamides is 1. The maximum absolute atomic E-state index is 12.4. The molecule has 0 radical (unpaired) electrons. The average Bonchev–Trinajstić information content (AvgIpc) is 3.15. The Morgan fingerprint density at radius 1 is 1.26 bits per heavy atom. The number of carbonyl (C=O) groups is 1. The van der Waals surface area contributed by atoms with Gasteiger partial charge in [-0.1, -0.05) is 23.7 Å². The number of benzene rings is 1. The number of nitrogens with two attached hydrogens (primary N) is 1. The lowest BCUT2D eigenvalue weighted by molar-refractivity contribution is 0.100. The molecule has 2 heterocycles. The van der Waals surface area contributed by atoms with E-state index < -0.39 is 15.9 Å². The van der Waals surface area contributed by atoms with Crippen molar-refractivity contribution in [1.29, 1.82) is 0 Å². The smallest absolute Gasteiger partial charge is 0.258 e. The number of nitrogens with zero attached hydrogens (tertiary/aromatic N) is 1. The lowest BCUT2D eigenvalue weighted by Crippen LogP contribution is -2.38. The van der Waals surface area contributed by atoms with Crippen molar-refractivity contribution < 1.29 is 13.2 Å². The van der Waals surface area contributed by atoms with Crippen LogP contribution >= 0.6 is 22.9 Å². The molecule has 0 bridgehead atoms. The number of piperidine rings is 1. The molecule has 1 aliphatic heterocycles. The quantitative estimate of drug-likeness (QED) is 0.710. The zero-order valence-corrected chi connectivity index (χ0v) is 17.1. The fourth-order valence-electron chi connectivity index (χ4n) is 3.10. The van der Waals surface area contributed by atoms with Gasteiger partial charge in [-0.05, 0) is 55.6 Å². The number of hydrogen-bond acceptors (Lipinski definition) is 5. The number of halogens is 1. The molecule has 2 aromatic rings. The molecule has 0 unspecified atom stereocenters. The molecule has 1 amide bonds. The third kappa shape index (κ3) is 5.52. The first kappa shape index (κ1) is 20.3. The molecule has 1 aliphatic rings. The zero-order valence-electron chi connectivity index (χ0n) is 14.7. The number of amides is 1. The largest absolute Gasteiger partial charge is 0.365 e. The van der Waals surface area contributed by atoms with Crippen molar-refractivity contribution >= 4 is 38.9 Å². The van der Waals surface area contributed by atoms with Crippen molar-refractivity contribution in [1.82, 2.24) is 9.62 Å². The zero-order chi connectivity index (χ0) is 19.4. The van der Waals surface area contributed by atoms with Gasteiger partial charge in [0.05, 0.1) is 9.77 Å². The molecule has 0 atom stereocenters. The van der Waals surface area contributed by atoms with Gasteiger partial charge in [0.1, 0.15) is 0 Å². The second kappa shape index (κ2) is 8.70. The van der Waals surface area contributed by atoms with Gasteiger partial charge in [0, 0.05) is 23.5 Å². The number of primary amides is 1. The molecular weight excluding hydrogens is 406 g/mol. The monoisotopic (exact) mass is 427 g/mol. The van der Waals surface area contributed by atoms with Gasteiger partial charge in [-0.25, -0.2) is 13.1 Å². The van der Waals surface area contributed by atoms with Crippen LogP contribution in [-0.2, 0) is 16.6 Å². The molecule has 3 N–H and O–H groups in total. The standard InChI is InChI=1S/C18H22ClN3O3S2/c19-15-3-1-14(2-4-15)11-22-7-5-13(6-8-22)10-21-27(24,25)16-9-17(18(20)23)26-12-16/h1-4,9,12-13,21H,5-8,10-11H2,(H2,20,23). The highest BCUT2D eigenvalue weighted by atomic mass is 35.5. The summed E-state index contributed by atoms with van der Waals surface area (Å²) in [5.74, 6) is -0.315. The maximum Gasteiger partial charge on any atom is 0.258 e. The number of carbonyl (C=O) groups excluding carboxylic acids is 1. The highest BCUT2D eigenvalue weighted by molar-refractivity contribution is 7.89. The summed E-state index contributed by atoms with van der Waals surface area (Å²) >= 11 is 6.95. The summed E-state index contributed by atoms with van der Waals surface area (Å²) in [7, 11) is -3.61. The Hall–Kier alpha value is -1.45. The van der Waals surface area contributed by atoms with Gasteiger partial charge in [0.25, 0.3) is 5.91 Å². The van der Waals surface area contributed by atoms with Gasteiger partial charge >= 0.3 is 0 Å². The Balaban J connectivity index is 1.47. The first-order chi connectivity index (χ1) is 12.8. The van der Waals surface area contributed by atoms with E-state index in [4.69, 9.17) is 17.3 Å². The second-order valence-electron chi connectivity index (χ2n) is 6.71. The highest BCUT2D eigenvalue weighted by Gasteiger charge is 2.23. The van der Waals surface area contributed by atoms with E-state index in [0.29, 0.717) is 12.5 Å². The molecule has 0 saturated carbocycles. The highest BCUT2D eigenvalue weighted by Crippen LogP contribution is 2.22. The Bertz CT molecular complexity index is 889. The van der Waals surface area contributed by atoms with Crippen molar-refractivity contribution in [2.75, 3.05) is 19.6 Å². The van der Waals surface area contributed by atoms with Crippen LogP contribution in [0.25, 0.3) is 0 Å². The summed E-state index contributed by atoms with van der Waals surface area (Å²) in [6.07, 6.45) is 1.87. The third-order valence-corrected chi connectivity index (χ3v) is 7.47. The number of nitrogens with one attached hydrogen (secondary N) is 1. The molecule has 27 heavy (non-hydrogen) atoms.